The van der Waals surface area contributed by atoms with E-state index in [1.165, 1.54) is 0 Å². The highest BCUT2D eigenvalue weighted by Crippen LogP contribution is 1.88. The fourth-order valence-electron chi connectivity index (χ4n) is 0.576. The van der Waals surface area contributed by atoms with E-state index >= 15 is 0 Å². The standard InChI is InChI=1S/C5H8N2S/c1-6-3-4-7(2)5(6)8/h3-4H,1-2H3. The molecule has 0 aromatic carbocycles. The van der Waals surface area contributed by atoms with Crippen LogP contribution in [0.4, 0.5) is 0 Å². The van der Waals surface area contributed by atoms with Crippen molar-refractivity contribution < 1.29 is 0 Å². The molecule has 2 nitrogen and oxygen atoms in total. The van der Waals surface area contributed by atoms with E-state index in [0.717, 1.165) is 4.77 Å². The van der Waals surface area contributed by atoms with Crippen molar-refractivity contribution in [1.82, 2.24) is 9.13 Å². The Bertz CT molecular complexity index is 210. The predicted octanol–water partition coefficient (Wildman–Crippen LogP) is 1.09. The molecule has 0 bridgehead atoms. The molecule has 1 heterocycles. The van der Waals surface area contributed by atoms with Gasteiger partial charge in [0.25, 0.3) is 0 Å². The first-order valence-corrected chi connectivity index (χ1v) is 2.80. The quantitative estimate of drug-likeness (QED) is 0.475. The van der Waals surface area contributed by atoms with Crippen LogP contribution in [0.25, 0.3) is 0 Å². The van der Waals surface area contributed by atoms with Crippen LogP contribution in [0.3, 0.4) is 0 Å². The fraction of sp³-hybridized carbons (Fsp3) is 0.400. The van der Waals surface area contributed by atoms with Gasteiger partial charge < -0.3 is 9.13 Å². The zero-order valence-electron chi connectivity index (χ0n) is 4.96. The van der Waals surface area contributed by atoms with Gasteiger partial charge in [0.05, 0.1) is 0 Å². The lowest BCUT2D eigenvalue weighted by molar-refractivity contribution is 0.813. The van der Waals surface area contributed by atoms with E-state index in [0.29, 0.717) is 0 Å². The summed E-state index contributed by atoms with van der Waals surface area (Å²) in [6.45, 7) is 0. The van der Waals surface area contributed by atoms with Crippen molar-refractivity contribution >= 4 is 12.2 Å². The van der Waals surface area contributed by atoms with E-state index in [1.54, 1.807) is 0 Å². The summed E-state index contributed by atoms with van der Waals surface area (Å²) in [4.78, 5) is 0. The minimum absolute atomic E-state index is 0.852. The second-order valence-corrected chi connectivity index (χ2v) is 2.17. The van der Waals surface area contributed by atoms with Crippen molar-refractivity contribution in [1.29, 1.82) is 0 Å². The summed E-state index contributed by atoms with van der Waals surface area (Å²) in [6, 6.07) is 0. The van der Waals surface area contributed by atoms with E-state index in [9.17, 15) is 0 Å². The monoisotopic (exact) mass is 128 g/mol. The summed E-state index contributed by atoms with van der Waals surface area (Å²) in [6.07, 6.45) is 3.87. The normalized spacial score (nSPS) is 9.75. The lowest BCUT2D eigenvalue weighted by atomic mass is 10.9. The highest BCUT2D eigenvalue weighted by Gasteiger charge is 1.84. The molecule has 0 aliphatic carbocycles. The average Bonchev–Trinajstić information content (AvgIpc) is 1.98. The third-order valence-corrected chi connectivity index (χ3v) is 1.69. The summed E-state index contributed by atoms with van der Waals surface area (Å²) < 4.78 is 4.65. The Kier molecular flexibility index (Phi) is 1.21. The Morgan fingerprint density at radius 1 is 1.25 bits per heavy atom. The molecule has 0 unspecified atom stereocenters. The number of aryl methyl sites for hydroxylation is 2. The molecule has 3 heteroatoms. The Morgan fingerprint density at radius 3 is 1.75 bits per heavy atom. The fourth-order valence-corrected chi connectivity index (χ4v) is 0.698. The van der Waals surface area contributed by atoms with Crippen LogP contribution in [-0.2, 0) is 14.1 Å². The van der Waals surface area contributed by atoms with E-state index < -0.39 is 0 Å². The molecule has 0 N–H and O–H groups in total. The van der Waals surface area contributed by atoms with Crippen molar-refractivity contribution in [3.8, 4) is 0 Å². The van der Waals surface area contributed by atoms with Crippen LogP contribution in [0.5, 0.6) is 0 Å². The summed E-state index contributed by atoms with van der Waals surface area (Å²) in [7, 11) is 3.87. The van der Waals surface area contributed by atoms with E-state index in [1.807, 2.05) is 35.6 Å². The summed E-state index contributed by atoms with van der Waals surface area (Å²) in [5.74, 6) is 0. The van der Waals surface area contributed by atoms with Crippen molar-refractivity contribution in [3.63, 3.8) is 0 Å². The van der Waals surface area contributed by atoms with Gasteiger partial charge in [-0.3, -0.25) is 0 Å². The molecule has 1 aromatic rings. The van der Waals surface area contributed by atoms with Gasteiger partial charge in [0, 0.05) is 26.5 Å². The lowest BCUT2D eigenvalue weighted by Crippen LogP contribution is -1.88. The van der Waals surface area contributed by atoms with Gasteiger partial charge in [-0.2, -0.15) is 0 Å². The van der Waals surface area contributed by atoms with Gasteiger partial charge >= 0.3 is 0 Å². The third kappa shape index (κ3) is 0.690. The van der Waals surface area contributed by atoms with Gasteiger partial charge in [0.2, 0.25) is 0 Å². The van der Waals surface area contributed by atoms with Gasteiger partial charge in [0.1, 0.15) is 0 Å². The number of nitrogens with zero attached hydrogens (tertiary/aromatic N) is 2. The maximum Gasteiger partial charge on any atom is 0.179 e. The zero-order chi connectivity index (χ0) is 6.15. The summed E-state index contributed by atoms with van der Waals surface area (Å²) >= 11 is 4.95. The zero-order valence-corrected chi connectivity index (χ0v) is 5.77. The smallest absolute Gasteiger partial charge is 0.179 e. The van der Waals surface area contributed by atoms with Crippen molar-refractivity contribution in [2.45, 2.75) is 0 Å². The Balaban J connectivity index is 3.42. The van der Waals surface area contributed by atoms with Crippen LogP contribution in [0.2, 0.25) is 0 Å². The molecule has 0 saturated heterocycles. The highest BCUT2D eigenvalue weighted by atomic mass is 32.1. The molecule has 8 heavy (non-hydrogen) atoms. The number of aromatic nitrogens is 2. The van der Waals surface area contributed by atoms with Crippen LogP contribution in [-0.4, -0.2) is 9.13 Å². The summed E-state index contributed by atoms with van der Waals surface area (Å²) in [5, 5.41) is 0. The van der Waals surface area contributed by atoms with Gasteiger partial charge in [-0.05, 0) is 12.2 Å². The Morgan fingerprint density at radius 2 is 1.62 bits per heavy atom. The SMILES string of the molecule is Cn1ccn(C)c1=S. The van der Waals surface area contributed by atoms with Crippen molar-refractivity contribution in [2.24, 2.45) is 14.1 Å². The molecule has 0 aliphatic rings. The second kappa shape index (κ2) is 1.74. The molecule has 1 rings (SSSR count). The Labute approximate surface area is 53.4 Å². The number of imidazole rings is 1. The van der Waals surface area contributed by atoms with Gasteiger partial charge in [-0.25, -0.2) is 0 Å². The first-order valence-electron chi connectivity index (χ1n) is 2.40. The number of hydrogen-bond acceptors (Lipinski definition) is 1. The van der Waals surface area contributed by atoms with E-state index in [4.69, 9.17) is 12.2 Å². The highest BCUT2D eigenvalue weighted by molar-refractivity contribution is 7.71. The lowest BCUT2D eigenvalue weighted by Gasteiger charge is -1.86. The molecule has 0 atom stereocenters. The molecule has 0 saturated carbocycles. The molecule has 0 fully saturated rings. The third-order valence-electron chi connectivity index (χ3n) is 1.12. The van der Waals surface area contributed by atoms with Crippen LogP contribution >= 0.6 is 12.2 Å². The molecular formula is C5H8N2S. The molecule has 44 valence electrons. The van der Waals surface area contributed by atoms with Gasteiger partial charge in [-0.1, -0.05) is 0 Å². The minimum Gasteiger partial charge on any atom is -0.327 e. The van der Waals surface area contributed by atoms with Crippen LogP contribution in [0, 0.1) is 4.77 Å². The van der Waals surface area contributed by atoms with Gasteiger partial charge in [-0.15, -0.1) is 0 Å². The number of rotatable bonds is 0. The topological polar surface area (TPSA) is 9.86 Å². The van der Waals surface area contributed by atoms with E-state index in [-0.39, 0.29) is 0 Å². The molecule has 0 aliphatic heterocycles. The molecule has 0 radical (unpaired) electrons. The minimum atomic E-state index is 0.852. The van der Waals surface area contributed by atoms with Crippen LogP contribution in [0.15, 0.2) is 12.4 Å². The van der Waals surface area contributed by atoms with Crippen molar-refractivity contribution in [2.75, 3.05) is 0 Å². The molecular weight excluding hydrogens is 120 g/mol. The molecule has 0 spiro atoms. The predicted molar refractivity (Wildman–Crippen MR) is 35.2 cm³/mol. The van der Waals surface area contributed by atoms with Crippen LogP contribution in [0.1, 0.15) is 0 Å². The molecule has 1 aromatic heterocycles. The van der Waals surface area contributed by atoms with Gasteiger partial charge in [0.15, 0.2) is 4.77 Å². The van der Waals surface area contributed by atoms with Crippen LogP contribution < -0.4 is 0 Å². The number of hydrogen-bond donors (Lipinski definition) is 0. The maximum atomic E-state index is 4.95. The largest absolute Gasteiger partial charge is 0.327 e. The molecule has 0 amide bonds. The van der Waals surface area contributed by atoms with Crippen molar-refractivity contribution in [3.05, 3.63) is 17.2 Å². The average molecular weight is 128 g/mol. The summed E-state index contributed by atoms with van der Waals surface area (Å²) in [5.41, 5.74) is 0. The second-order valence-electron chi connectivity index (χ2n) is 1.80. The first kappa shape index (κ1) is 5.56. The van der Waals surface area contributed by atoms with E-state index in [2.05, 4.69) is 0 Å². The first-order chi connectivity index (χ1) is 3.72. The Hall–Kier alpha value is -0.570. The maximum absolute atomic E-state index is 4.95.